The molecule has 1 saturated heterocycles. The van der Waals surface area contributed by atoms with Crippen LogP contribution in [-0.4, -0.2) is 65.3 Å². The summed E-state index contributed by atoms with van der Waals surface area (Å²) in [5.74, 6) is -0.0952. The van der Waals surface area contributed by atoms with E-state index in [-0.39, 0.29) is 6.61 Å². The minimum Gasteiger partial charge on any atom is -0.480 e. The molecule has 0 spiro atoms. The molecule has 1 saturated carbocycles. The minimum absolute atomic E-state index is 0.248. The fourth-order valence-electron chi connectivity index (χ4n) is 4.41. The Bertz CT molecular complexity index is 561. The molecular formula is C21H32N2O3. The highest BCUT2D eigenvalue weighted by molar-refractivity contribution is 5.75. The van der Waals surface area contributed by atoms with Crippen LogP contribution in [0.2, 0.25) is 0 Å². The molecule has 1 aliphatic carbocycles. The second-order valence-electron chi connectivity index (χ2n) is 7.70. The monoisotopic (exact) mass is 360 g/mol. The van der Waals surface area contributed by atoms with Gasteiger partial charge in [0.15, 0.2) is 0 Å². The van der Waals surface area contributed by atoms with Crippen molar-refractivity contribution in [1.82, 2.24) is 9.80 Å². The van der Waals surface area contributed by atoms with Crippen LogP contribution in [0.1, 0.15) is 61.6 Å². The number of carboxylic acid groups (broad SMARTS) is 1. The minimum atomic E-state index is -0.757. The number of benzene rings is 1. The average molecular weight is 360 g/mol. The fraction of sp³-hybridized carbons (Fsp3) is 0.667. The number of hydrogen-bond donors (Lipinski definition) is 2. The normalized spacial score (nSPS) is 21.1. The van der Waals surface area contributed by atoms with Gasteiger partial charge in [-0.25, -0.2) is 0 Å². The number of aliphatic hydroxyl groups is 1. The summed E-state index contributed by atoms with van der Waals surface area (Å²) in [5.41, 5.74) is 2.26. The van der Waals surface area contributed by atoms with Gasteiger partial charge in [0.1, 0.15) is 6.04 Å². The second-order valence-corrected chi connectivity index (χ2v) is 7.70. The van der Waals surface area contributed by atoms with E-state index < -0.39 is 12.0 Å². The third kappa shape index (κ3) is 4.84. The molecule has 1 aliphatic heterocycles. The molecule has 0 aromatic heterocycles. The van der Waals surface area contributed by atoms with E-state index >= 15 is 0 Å². The number of aliphatic hydroxyl groups excluding tert-OH is 1. The number of unbranched alkanes of at least 4 members (excludes halogenated alkanes) is 1. The molecule has 0 radical (unpaired) electrons. The smallest absolute Gasteiger partial charge is 0.325 e. The molecule has 0 bridgehead atoms. The largest absolute Gasteiger partial charge is 0.480 e. The van der Waals surface area contributed by atoms with Gasteiger partial charge in [-0.15, -0.1) is 0 Å². The van der Waals surface area contributed by atoms with Crippen LogP contribution in [0.4, 0.5) is 0 Å². The second kappa shape index (κ2) is 9.49. The number of aliphatic carboxylic acids is 1. The zero-order valence-corrected chi connectivity index (χ0v) is 15.6. The van der Waals surface area contributed by atoms with E-state index in [1.165, 1.54) is 31.2 Å². The number of rotatable bonds is 8. The predicted octanol–water partition coefficient (Wildman–Crippen LogP) is 2.86. The Morgan fingerprint density at radius 1 is 1.04 bits per heavy atom. The summed E-state index contributed by atoms with van der Waals surface area (Å²) in [6.07, 6.45) is 6.99. The third-order valence-electron chi connectivity index (χ3n) is 5.97. The van der Waals surface area contributed by atoms with E-state index in [9.17, 15) is 9.90 Å². The summed E-state index contributed by atoms with van der Waals surface area (Å²) in [6.45, 7) is 4.59. The summed E-state index contributed by atoms with van der Waals surface area (Å²) in [6, 6.07) is 7.80. The van der Waals surface area contributed by atoms with E-state index in [1.807, 2.05) is 12.1 Å². The van der Waals surface area contributed by atoms with Crippen LogP contribution < -0.4 is 0 Å². The highest BCUT2D eigenvalue weighted by Crippen LogP contribution is 2.34. The zero-order valence-electron chi connectivity index (χ0n) is 15.6. The van der Waals surface area contributed by atoms with Crippen molar-refractivity contribution in [2.45, 2.75) is 50.5 Å². The summed E-state index contributed by atoms with van der Waals surface area (Å²) in [5, 5.41) is 18.7. The molecule has 1 aromatic rings. The lowest BCUT2D eigenvalue weighted by Crippen LogP contribution is -2.49. The molecule has 2 fully saturated rings. The maximum absolute atomic E-state index is 11.9. The van der Waals surface area contributed by atoms with Crippen molar-refractivity contribution in [3.8, 4) is 0 Å². The molecule has 2 aliphatic rings. The molecule has 5 heteroatoms. The van der Waals surface area contributed by atoms with Crippen LogP contribution in [0.5, 0.6) is 0 Å². The Balaban J connectivity index is 1.60. The molecule has 144 valence electrons. The summed E-state index contributed by atoms with van der Waals surface area (Å²) < 4.78 is 0. The predicted molar refractivity (Wildman–Crippen MR) is 102 cm³/mol. The van der Waals surface area contributed by atoms with Crippen LogP contribution in [0.3, 0.4) is 0 Å². The highest BCUT2D eigenvalue weighted by atomic mass is 16.4. The quantitative estimate of drug-likeness (QED) is 0.698. The maximum atomic E-state index is 11.9. The first-order chi connectivity index (χ1) is 12.7. The van der Waals surface area contributed by atoms with Gasteiger partial charge in [-0.2, -0.15) is 0 Å². The van der Waals surface area contributed by atoms with E-state index in [0.717, 1.165) is 51.1 Å². The molecule has 1 atom stereocenters. The van der Waals surface area contributed by atoms with Crippen molar-refractivity contribution in [1.29, 1.82) is 0 Å². The van der Waals surface area contributed by atoms with Gasteiger partial charge in [0, 0.05) is 32.8 Å². The lowest BCUT2D eigenvalue weighted by Gasteiger charge is -2.38. The average Bonchev–Trinajstić information content (AvgIpc) is 3.18. The van der Waals surface area contributed by atoms with Crippen molar-refractivity contribution in [3.63, 3.8) is 0 Å². The van der Waals surface area contributed by atoms with Gasteiger partial charge in [-0.05, 0) is 49.3 Å². The first-order valence-electron chi connectivity index (χ1n) is 10.1. The van der Waals surface area contributed by atoms with E-state index in [4.69, 9.17) is 5.11 Å². The molecule has 1 heterocycles. The van der Waals surface area contributed by atoms with Gasteiger partial charge < -0.3 is 15.1 Å². The van der Waals surface area contributed by atoms with Crippen LogP contribution in [0.25, 0.3) is 0 Å². The number of nitrogens with zero attached hydrogens (tertiary/aromatic N) is 2. The zero-order chi connectivity index (χ0) is 18.4. The standard InChI is InChI=1S/C21H32N2O3/c24-16-4-3-11-22-12-14-23(15-13-22)20(21(25)26)19-9-7-18(8-10-19)17-5-1-2-6-17/h7-10,17,20,24H,1-6,11-16H2,(H,25,26). The Labute approximate surface area is 156 Å². The van der Waals surface area contributed by atoms with Gasteiger partial charge in [-0.1, -0.05) is 37.1 Å². The van der Waals surface area contributed by atoms with Crippen molar-refractivity contribution in [2.75, 3.05) is 39.3 Å². The van der Waals surface area contributed by atoms with Crippen molar-refractivity contribution in [2.24, 2.45) is 0 Å². The van der Waals surface area contributed by atoms with Crippen molar-refractivity contribution < 1.29 is 15.0 Å². The van der Waals surface area contributed by atoms with Gasteiger partial charge in [-0.3, -0.25) is 9.69 Å². The van der Waals surface area contributed by atoms with E-state index in [1.54, 1.807) is 0 Å². The Morgan fingerprint density at radius 3 is 2.27 bits per heavy atom. The SMILES string of the molecule is O=C(O)C(c1ccc(C2CCCC2)cc1)N1CCN(CCCCO)CC1. The van der Waals surface area contributed by atoms with Crippen molar-refractivity contribution >= 4 is 5.97 Å². The number of carboxylic acids is 1. The van der Waals surface area contributed by atoms with Crippen molar-refractivity contribution in [3.05, 3.63) is 35.4 Å². The Kier molecular flexibility index (Phi) is 7.06. The molecule has 5 nitrogen and oxygen atoms in total. The third-order valence-corrected chi connectivity index (χ3v) is 5.97. The topological polar surface area (TPSA) is 64.0 Å². The first kappa shape index (κ1) is 19.3. The lowest BCUT2D eigenvalue weighted by atomic mass is 9.94. The van der Waals surface area contributed by atoms with Crippen LogP contribution >= 0.6 is 0 Å². The molecule has 2 N–H and O–H groups in total. The van der Waals surface area contributed by atoms with E-state index in [0.29, 0.717) is 5.92 Å². The molecule has 1 unspecified atom stereocenters. The Hall–Kier alpha value is -1.43. The summed E-state index contributed by atoms with van der Waals surface area (Å²) in [4.78, 5) is 16.4. The fourth-order valence-corrected chi connectivity index (χ4v) is 4.41. The summed E-state index contributed by atoms with van der Waals surface area (Å²) >= 11 is 0. The summed E-state index contributed by atoms with van der Waals surface area (Å²) in [7, 11) is 0. The number of piperazine rings is 1. The van der Waals surface area contributed by atoms with E-state index in [2.05, 4.69) is 21.9 Å². The van der Waals surface area contributed by atoms with Crippen LogP contribution in [0.15, 0.2) is 24.3 Å². The molecule has 3 rings (SSSR count). The van der Waals surface area contributed by atoms with Gasteiger partial charge in [0.05, 0.1) is 0 Å². The molecule has 26 heavy (non-hydrogen) atoms. The molecule has 0 amide bonds. The maximum Gasteiger partial charge on any atom is 0.325 e. The van der Waals surface area contributed by atoms with Gasteiger partial charge in [0.2, 0.25) is 0 Å². The van der Waals surface area contributed by atoms with Gasteiger partial charge >= 0.3 is 5.97 Å². The first-order valence-corrected chi connectivity index (χ1v) is 10.1. The Morgan fingerprint density at radius 2 is 1.69 bits per heavy atom. The molecular weight excluding hydrogens is 328 g/mol. The lowest BCUT2D eigenvalue weighted by molar-refractivity contribution is -0.144. The van der Waals surface area contributed by atoms with Crippen LogP contribution in [0, 0.1) is 0 Å². The van der Waals surface area contributed by atoms with Crippen LogP contribution in [-0.2, 0) is 4.79 Å². The number of hydrogen-bond acceptors (Lipinski definition) is 4. The number of carbonyl (C=O) groups is 1. The highest BCUT2D eigenvalue weighted by Gasteiger charge is 2.30. The molecule has 1 aromatic carbocycles. The van der Waals surface area contributed by atoms with Gasteiger partial charge in [0.25, 0.3) is 0 Å².